The smallest absolute Gasteiger partial charge is 0.224 e. The van der Waals surface area contributed by atoms with Crippen LogP contribution in [0.5, 0.6) is 0 Å². The molecule has 3 aliphatic rings. The summed E-state index contributed by atoms with van der Waals surface area (Å²) in [6.45, 7) is 4.66. The van der Waals surface area contributed by atoms with Gasteiger partial charge in [0.2, 0.25) is 5.91 Å². The Hall–Kier alpha value is -0.610. The van der Waals surface area contributed by atoms with E-state index in [4.69, 9.17) is 10.5 Å². The SMILES string of the molecule is CC1(CNC(=O)C2C3CCC(C3)C2N)CCOCC1. The van der Waals surface area contributed by atoms with E-state index in [1.54, 1.807) is 0 Å². The number of amides is 1. The molecule has 4 atom stereocenters. The lowest BCUT2D eigenvalue weighted by molar-refractivity contribution is -0.127. The van der Waals surface area contributed by atoms with Crippen LogP contribution in [0.25, 0.3) is 0 Å². The molecule has 4 heteroatoms. The molecule has 2 bridgehead atoms. The van der Waals surface area contributed by atoms with Crippen molar-refractivity contribution in [3.8, 4) is 0 Å². The van der Waals surface area contributed by atoms with Crippen LogP contribution in [0.3, 0.4) is 0 Å². The van der Waals surface area contributed by atoms with Gasteiger partial charge in [0.05, 0.1) is 5.92 Å². The molecule has 1 saturated heterocycles. The summed E-state index contributed by atoms with van der Waals surface area (Å²) in [4.78, 5) is 12.4. The third-order valence-electron chi connectivity index (χ3n) is 5.67. The van der Waals surface area contributed by atoms with Crippen molar-refractivity contribution in [1.29, 1.82) is 0 Å². The molecule has 1 heterocycles. The fourth-order valence-corrected chi connectivity index (χ4v) is 4.18. The molecule has 3 N–H and O–H groups in total. The van der Waals surface area contributed by atoms with E-state index in [2.05, 4.69) is 12.2 Å². The highest BCUT2D eigenvalue weighted by atomic mass is 16.5. The molecule has 4 nitrogen and oxygen atoms in total. The number of rotatable bonds is 3. The Morgan fingerprint density at radius 1 is 1.32 bits per heavy atom. The number of carbonyl (C=O) groups excluding carboxylic acids is 1. The van der Waals surface area contributed by atoms with Gasteiger partial charge >= 0.3 is 0 Å². The van der Waals surface area contributed by atoms with Gasteiger partial charge in [-0.15, -0.1) is 0 Å². The van der Waals surface area contributed by atoms with Crippen LogP contribution in [-0.4, -0.2) is 31.7 Å². The zero-order chi connectivity index (χ0) is 13.5. The lowest BCUT2D eigenvalue weighted by atomic mass is 9.81. The molecule has 3 rings (SSSR count). The maximum Gasteiger partial charge on any atom is 0.224 e. The molecule has 4 unspecified atom stereocenters. The number of ether oxygens (including phenoxy) is 1. The average Bonchev–Trinajstić information content (AvgIpc) is 2.98. The van der Waals surface area contributed by atoms with E-state index < -0.39 is 0 Å². The maximum absolute atomic E-state index is 12.4. The van der Waals surface area contributed by atoms with E-state index in [-0.39, 0.29) is 23.3 Å². The van der Waals surface area contributed by atoms with Crippen molar-refractivity contribution in [3.05, 3.63) is 0 Å². The molecule has 0 aromatic heterocycles. The molecule has 1 aliphatic heterocycles. The highest BCUT2D eigenvalue weighted by Crippen LogP contribution is 2.47. The summed E-state index contributed by atoms with van der Waals surface area (Å²) in [7, 11) is 0. The summed E-state index contributed by atoms with van der Waals surface area (Å²) >= 11 is 0. The number of nitrogens with two attached hydrogens (primary N) is 1. The van der Waals surface area contributed by atoms with E-state index in [0.717, 1.165) is 32.6 Å². The summed E-state index contributed by atoms with van der Waals surface area (Å²) in [5.41, 5.74) is 6.43. The Labute approximate surface area is 115 Å². The van der Waals surface area contributed by atoms with Crippen LogP contribution in [0.2, 0.25) is 0 Å². The molecule has 2 saturated carbocycles. The fourth-order valence-electron chi connectivity index (χ4n) is 4.18. The highest BCUT2D eigenvalue weighted by molar-refractivity contribution is 5.80. The normalized spacial score (nSPS) is 40.3. The summed E-state index contributed by atoms with van der Waals surface area (Å²) in [6.07, 6.45) is 5.67. The van der Waals surface area contributed by atoms with Gasteiger partial charge in [-0.3, -0.25) is 4.79 Å². The molecule has 0 aromatic rings. The Balaban J connectivity index is 1.54. The first-order valence-electron chi connectivity index (χ1n) is 7.70. The largest absolute Gasteiger partial charge is 0.381 e. The molecule has 19 heavy (non-hydrogen) atoms. The summed E-state index contributed by atoms with van der Waals surface area (Å²) in [5.74, 6) is 1.41. The molecular weight excluding hydrogens is 240 g/mol. The van der Waals surface area contributed by atoms with Crippen molar-refractivity contribution in [1.82, 2.24) is 5.32 Å². The van der Waals surface area contributed by atoms with E-state index in [1.807, 2.05) is 0 Å². The summed E-state index contributed by atoms with van der Waals surface area (Å²) in [6, 6.07) is 0.0984. The van der Waals surface area contributed by atoms with Crippen LogP contribution < -0.4 is 11.1 Å². The van der Waals surface area contributed by atoms with Crippen molar-refractivity contribution >= 4 is 5.91 Å². The first-order valence-corrected chi connectivity index (χ1v) is 7.70. The van der Waals surface area contributed by atoms with E-state index in [1.165, 1.54) is 19.3 Å². The van der Waals surface area contributed by atoms with Gasteiger partial charge in [-0.2, -0.15) is 0 Å². The van der Waals surface area contributed by atoms with E-state index in [0.29, 0.717) is 11.8 Å². The van der Waals surface area contributed by atoms with Crippen molar-refractivity contribution in [3.63, 3.8) is 0 Å². The fraction of sp³-hybridized carbons (Fsp3) is 0.933. The van der Waals surface area contributed by atoms with Crippen molar-refractivity contribution in [2.45, 2.75) is 45.1 Å². The molecule has 3 fully saturated rings. The second-order valence-corrected chi connectivity index (χ2v) is 7.08. The minimum atomic E-state index is 0.0715. The third kappa shape index (κ3) is 2.52. The molecular formula is C15H26N2O2. The predicted octanol–water partition coefficient (Wildman–Crippen LogP) is 1.29. The quantitative estimate of drug-likeness (QED) is 0.809. The Bertz CT molecular complexity index is 350. The van der Waals surface area contributed by atoms with Gasteiger partial charge in [-0.1, -0.05) is 6.92 Å². The number of carbonyl (C=O) groups is 1. The summed E-state index contributed by atoms with van der Waals surface area (Å²) < 4.78 is 5.40. The van der Waals surface area contributed by atoms with Gasteiger partial charge in [-0.25, -0.2) is 0 Å². The number of fused-ring (bicyclic) bond motifs is 2. The Morgan fingerprint density at radius 3 is 2.63 bits per heavy atom. The monoisotopic (exact) mass is 266 g/mol. The topological polar surface area (TPSA) is 64.4 Å². The summed E-state index contributed by atoms with van der Waals surface area (Å²) in [5, 5.41) is 3.18. The van der Waals surface area contributed by atoms with Crippen molar-refractivity contribution in [2.24, 2.45) is 28.9 Å². The van der Waals surface area contributed by atoms with Crippen LogP contribution in [0.4, 0.5) is 0 Å². The molecule has 108 valence electrons. The molecule has 2 aliphatic carbocycles. The van der Waals surface area contributed by atoms with Gasteiger partial charge < -0.3 is 15.8 Å². The van der Waals surface area contributed by atoms with Gasteiger partial charge in [0.1, 0.15) is 0 Å². The molecule has 0 aromatic carbocycles. The first kappa shape index (κ1) is 13.4. The lowest BCUT2D eigenvalue weighted by Crippen LogP contribution is -2.48. The van der Waals surface area contributed by atoms with Crippen LogP contribution in [0, 0.1) is 23.2 Å². The minimum absolute atomic E-state index is 0.0715. The minimum Gasteiger partial charge on any atom is -0.381 e. The van der Waals surface area contributed by atoms with Gasteiger partial charge in [-0.05, 0) is 49.4 Å². The second kappa shape index (κ2) is 5.06. The Kier molecular flexibility index (Phi) is 3.56. The zero-order valence-corrected chi connectivity index (χ0v) is 11.9. The van der Waals surface area contributed by atoms with Crippen LogP contribution in [0.1, 0.15) is 39.0 Å². The van der Waals surface area contributed by atoms with E-state index in [9.17, 15) is 4.79 Å². The first-order chi connectivity index (χ1) is 9.09. The maximum atomic E-state index is 12.4. The van der Waals surface area contributed by atoms with Gasteiger partial charge in [0.15, 0.2) is 0 Å². The lowest BCUT2D eigenvalue weighted by Gasteiger charge is -2.35. The van der Waals surface area contributed by atoms with Crippen LogP contribution in [-0.2, 0) is 9.53 Å². The average molecular weight is 266 g/mol. The predicted molar refractivity (Wildman–Crippen MR) is 73.5 cm³/mol. The molecule has 0 spiro atoms. The van der Waals surface area contributed by atoms with E-state index >= 15 is 0 Å². The zero-order valence-electron chi connectivity index (χ0n) is 11.9. The number of hydrogen-bond acceptors (Lipinski definition) is 3. The molecule has 1 amide bonds. The highest BCUT2D eigenvalue weighted by Gasteiger charge is 2.49. The Morgan fingerprint density at radius 2 is 2.00 bits per heavy atom. The van der Waals surface area contributed by atoms with Crippen LogP contribution in [0.15, 0.2) is 0 Å². The standard InChI is InChI=1S/C15H26N2O2/c1-15(4-6-19-7-5-15)9-17-14(18)12-10-2-3-11(8-10)13(12)16/h10-13H,2-9,16H2,1H3,(H,17,18). The number of hydrogen-bond donors (Lipinski definition) is 2. The molecule has 0 radical (unpaired) electrons. The van der Waals surface area contributed by atoms with Gasteiger partial charge in [0, 0.05) is 25.8 Å². The van der Waals surface area contributed by atoms with Crippen LogP contribution >= 0.6 is 0 Å². The van der Waals surface area contributed by atoms with Gasteiger partial charge in [0.25, 0.3) is 0 Å². The van der Waals surface area contributed by atoms with Crippen molar-refractivity contribution in [2.75, 3.05) is 19.8 Å². The van der Waals surface area contributed by atoms with Crippen molar-refractivity contribution < 1.29 is 9.53 Å². The third-order valence-corrected chi connectivity index (χ3v) is 5.67. The number of nitrogens with one attached hydrogen (secondary N) is 1. The second-order valence-electron chi connectivity index (χ2n) is 7.08.